The normalized spacial score (nSPS) is 20.5. The molecular formula is C16H19N3O2S. The van der Waals surface area contributed by atoms with Crippen LogP contribution in [0.4, 0.5) is 9.93 Å². The number of methoxy groups -OCH3 is 1. The lowest BCUT2D eigenvalue weighted by atomic mass is 9.85. The van der Waals surface area contributed by atoms with Crippen molar-refractivity contribution >= 4 is 22.5 Å². The van der Waals surface area contributed by atoms with Gasteiger partial charge in [-0.25, -0.2) is 9.78 Å². The zero-order valence-corrected chi connectivity index (χ0v) is 13.5. The number of nitrogens with one attached hydrogen (secondary N) is 1. The quantitative estimate of drug-likeness (QED) is 0.939. The van der Waals surface area contributed by atoms with Crippen molar-refractivity contribution in [2.24, 2.45) is 5.92 Å². The van der Waals surface area contributed by atoms with E-state index < -0.39 is 0 Å². The van der Waals surface area contributed by atoms with Gasteiger partial charge in [0.25, 0.3) is 0 Å². The van der Waals surface area contributed by atoms with E-state index >= 15 is 0 Å². The SMILES string of the molecule is COCc1csc(NC(=O)N2C[C@@H](C)[C@H]2c2ccccc2)n1. The molecule has 22 heavy (non-hydrogen) atoms. The molecule has 2 atom stereocenters. The average molecular weight is 317 g/mol. The van der Waals surface area contributed by atoms with Gasteiger partial charge in [-0.1, -0.05) is 37.3 Å². The van der Waals surface area contributed by atoms with Crippen LogP contribution >= 0.6 is 11.3 Å². The molecule has 0 unspecified atom stereocenters. The van der Waals surface area contributed by atoms with Gasteiger partial charge in [0.05, 0.1) is 18.3 Å². The summed E-state index contributed by atoms with van der Waals surface area (Å²) in [5.74, 6) is 0.466. The predicted molar refractivity (Wildman–Crippen MR) is 86.9 cm³/mol. The number of ether oxygens (including phenoxy) is 1. The molecule has 116 valence electrons. The second kappa shape index (κ2) is 6.46. The first kappa shape index (κ1) is 15.0. The lowest BCUT2D eigenvalue weighted by Crippen LogP contribution is -2.53. The van der Waals surface area contributed by atoms with E-state index in [1.807, 2.05) is 28.5 Å². The molecule has 1 aliphatic heterocycles. The van der Waals surface area contributed by atoms with Gasteiger partial charge >= 0.3 is 6.03 Å². The molecule has 1 fully saturated rings. The van der Waals surface area contributed by atoms with Gasteiger partial charge in [0.1, 0.15) is 0 Å². The van der Waals surface area contributed by atoms with Gasteiger partial charge in [0, 0.05) is 19.0 Å². The molecule has 1 N–H and O–H groups in total. The van der Waals surface area contributed by atoms with Gasteiger partial charge < -0.3 is 9.64 Å². The van der Waals surface area contributed by atoms with Crippen LogP contribution in [-0.4, -0.2) is 29.6 Å². The number of urea groups is 1. The number of nitrogens with zero attached hydrogens (tertiary/aromatic N) is 2. The summed E-state index contributed by atoms with van der Waals surface area (Å²) in [6.07, 6.45) is 0. The van der Waals surface area contributed by atoms with Gasteiger partial charge in [-0.2, -0.15) is 0 Å². The van der Waals surface area contributed by atoms with E-state index in [2.05, 4.69) is 29.4 Å². The predicted octanol–water partition coefficient (Wildman–Crippen LogP) is 3.51. The lowest BCUT2D eigenvalue weighted by Gasteiger charge is -2.46. The molecule has 2 heterocycles. The van der Waals surface area contributed by atoms with Crippen LogP contribution in [0.2, 0.25) is 0 Å². The van der Waals surface area contributed by atoms with Crippen LogP contribution in [0.15, 0.2) is 35.7 Å². The summed E-state index contributed by atoms with van der Waals surface area (Å²) < 4.78 is 5.04. The molecule has 5 nitrogen and oxygen atoms in total. The van der Waals surface area contributed by atoms with Crippen molar-refractivity contribution in [2.75, 3.05) is 19.0 Å². The van der Waals surface area contributed by atoms with Crippen molar-refractivity contribution in [2.45, 2.75) is 19.6 Å². The number of hydrogen-bond acceptors (Lipinski definition) is 4. The van der Waals surface area contributed by atoms with Crippen molar-refractivity contribution in [1.29, 1.82) is 0 Å². The van der Waals surface area contributed by atoms with Gasteiger partial charge in [-0.15, -0.1) is 11.3 Å². The van der Waals surface area contributed by atoms with E-state index in [0.29, 0.717) is 17.7 Å². The second-order valence-electron chi connectivity index (χ2n) is 5.49. The summed E-state index contributed by atoms with van der Waals surface area (Å²) in [4.78, 5) is 18.6. The maximum atomic E-state index is 12.4. The Balaban J connectivity index is 1.67. The number of anilines is 1. The summed E-state index contributed by atoms with van der Waals surface area (Å²) in [6.45, 7) is 3.39. The molecule has 6 heteroatoms. The summed E-state index contributed by atoms with van der Waals surface area (Å²) in [5.41, 5.74) is 2.01. The summed E-state index contributed by atoms with van der Waals surface area (Å²) in [7, 11) is 1.63. The highest BCUT2D eigenvalue weighted by Gasteiger charge is 2.40. The number of carbonyl (C=O) groups is 1. The molecule has 1 aromatic heterocycles. The summed E-state index contributed by atoms with van der Waals surface area (Å²) in [5, 5.41) is 5.39. The highest BCUT2D eigenvalue weighted by molar-refractivity contribution is 7.13. The Kier molecular flexibility index (Phi) is 4.40. The molecule has 0 saturated carbocycles. The minimum atomic E-state index is -0.0923. The summed E-state index contributed by atoms with van der Waals surface area (Å²) >= 11 is 1.42. The van der Waals surface area contributed by atoms with Gasteiger partial charge in [0.2, 0.25) is 0 Å². The molecule has 0 spiro atoms. The molecule has 2 amide bonds. The minimum Gasteiger partial charge on any atom is -0.378 e. The molecule has 1 saturated heterocycles. The van der Waals surface area contributed by atoms with Crippen molar-refractivity contribution in [3.63, 3.8) is 0 Å². The Morgan fingerprint density at radius 1 is 1.45 bits per heavy atom. The van der Waals surface area contributed by atoms with E-state index in [0.717, 1.165) is 12.2 Å². The van der Waals surface area contributed by atoms with Crippen molar-refractivity contribution in [3.8, 4) is 0 Å². The zero-order valence-electron chi connectivity index (χ0n) is 12.7. The van der Waals surface area contributed by atoms with Crippen molar-refractivity contribution < 1.29 is 9.53 Å². The number of carbonyl (C=O) groups excluding carboxylic acids is 1. The van der Waals surface area contributed by atoms with Crippen LogP contribution in [0, 0.1) is 5.92 Å². The number of benzene rings is 1. The van der Waals surface area contributed by atoms with E-state index in [4.69, 9.17) is 4.74 Å². The molecule has 2 aromatic rings. The number of thiazole rings is 1. The number of hydrogen-bond donors (Lipinski definition) is 1. The fourth-order valence-electron chi connectivity index (χ4n) is 2.80. The maximum absolute atomic E-state index is 12.4. The third-order valence-electron chi connectivity index (χ3n) is 3.82. The van der Waals surface area contributed by atoms with E-state index in [9.17, 15) is 4.79 Å². The van der Waals surface area contributed by atoms with Crippen LogP contribution in [0.5, 0.6) is 0 Å². The average Bonchev–Trinajstić information content (AvgIpc) is 2.93. The topological polar surface area (TPSA) is 54.5 Å². The van der Waals surface area contributed by atoms with Gasteiger partial charge in [-0.05, 0) is 11.5 Å². The maximum Gasteiger partial charge on any atom is 0.324 e. The number of likely N-dealkylation sites (tertiary alicyclic amines) is 1. The fourth-order valence-corrected chi connectivity index (χ4v) is 3.49. The molecule has 3 rings (SSSR count). The van der Waals surface area contributed by atoms with Crippen molar-refractivity contribution in [3.05, 3.63) is 47.0 Å². The molecular weight excluding hydrogens is 298 g/mol. The van der Waals surface area contributed by atoms with Crippen LogP contribution in [-0.2, 0) is 11.3 Å². The number of aromatic nitrogens is 1. The van der Waals surface area contributed by atoms with Crippen LogP contribution < -0.4 is 5.32 Å². The van der Waals surface area contributed by atoms with Gasteiger partial charge in [-0.3, -0.25) is 5.32 Å². The van der Waals surface area contributed by atoms with E-state index in [1.165, 1.54) is 16.9 Å². The van der Waals surface area contributed by atoms with E-state index in [-0.39, 0.29) is 12.1 Å². The third kappa shape index (κ3) is 2.98. The molecule has 1 aliphatic rings. The second-order valence-corrected chi connectivity index (χ2v) is 6.35. The van der Waals surface area contributed by atoms with Crippen molar-refractivity contribution in [1.82, 2.24) is 9.88 Å². The molecule has 0 bridgehead atoms. The van der Waals surface area contributed by atoms with Crippen LogP contribution in [0.1, 0.15) is 24.2 Å². The standard InChI is InChI=1S/C16H19N3O2S/c1-11-8-19(14(11)12-6-4-3-5-7-12)16(20)18-15-17-13(9-21-2)10-22-15/h3-7,10-11,14H,8-9H2,1-2H3,(H,17,18,20)/t11-,14+/m1/s1. The fraction of sp³-hybridized carbons (Fsp3) is 0.375. The molecule has 0 aliphatic carbocycles. The third-order valence-corrected chi connectivity index (χ3v) is 4.63. The van der Waals surface area contributed by atoms with Gasteiger partial charge in [0.15, 0.2) is 5.13 Å². The Hall–Kier alpha value is -1.92. The number of rotatable bonds is 4. The van der Waals surface area contributed by atoms with E-state index in [1.54, 1.807) is 7.11 Å². The Morgan fingerprint density at radius 2 is 2.23 bits per heavy atom. The number of amides is 2. The summed E-state index contributed by atoms with van der Waals surface area (Å²) in [6, 6.07) is 10.2. The molecule has 1 aromatic carbocycles. The smallest absolute Gasteiger partial charge is 0.324 e. The molecule has 0 radical (unpaired) electrons. The highest BCUT2D eigenvalue weighted by Crippen LogP contribution is 2.38. The first-order valence-electron chi connectivity index (χ1n) is 7.25. The van der Waals surface area contributed by atoms with Crippen LogP contribution in [0.3, 0.4) is 0 Å². The highest BCUT2D eigenvalue weighted by atomic mass is 32.1. The minimum absolute atomic E-state index is 0.0923. The first-order valence-corrected chi connectivity index (χ1v) is 8.13. The Labute approximate surface area is 133 Å². The zero-order chi connectivity index (χ0) is 15.5. The first-order chi connectivity index (χ1) is 10.7. The lowest BCUT2D eigenvalue weighted by molar-refractivity contribution is 0.0671. The largest absolute Gasteiger partial charge is 0.378 e. The van der Waals surface area contributed by atoms with Crippen LogP contribution in [0.25, 0.3) is 0 Å². The Bertz CT molecular complexity index is 644. The monoisotopic (exact) mass is 317 g/mol. The Morgan fingerprint density at radius 3 is 2.91 bits per heavy atom.